The summed E-state index contributed by atoms with van der Waals surface area (Å²) in [7, 11) is -1.89. The molecule has 3 rings (SSSR count). The van der Waals surface area contributed by atoms with Crippen LogP contribution in [0.3, 0.4) is 0 Å². The third kappa shape index (κ3) is 3.34. The van der Waals surface area contributed by atoms with E-state index in [0.717, 1.165) is 25.9 Å². The number of nitrogens with one attached hydrogen (secondary N) is 2. The lowest BCUT2D eigenvalue weighted by Gasteiger charge is -2.23. The number of aromatic nitrogens is 3. The van der Waals surface area contributed by atoms with Crippen molar-refractivity contribution in [3.05, 3.63) is 18.2 Å². The van der Waals surface area contributed by atoms with Gasteiger partial charge in [0.15, 0.2) is 0 Å². The summed E-state index contributed by atoms with van der Waals surface area (Å²) < 4.78 is 27.8. The zero-order valence-electron chi connectivity index (χ0n) is 11.6. The molecular weight excluding hydrogens is 314 g/mol. The Morgan fingerprint density at radius 3 is 2.71 bits per heavy atom. The monoisotopic (exact) mass is 331 g/mol. The van der Waals surface area contributed by atoms with Gasteiger partial charge in [0.25, 0.3) is 0 Å². The third-order valence-corrected chi connectivity index (χ3v) is 4.98. The summed E-state index contributed by atoms with van der Waals surface area (Å²) in [4.78, 5) is 1.58. The van der Waals surface area contributed by atoms with Crippen LogP contribution in [-0.4, -0.2) is 42.5 Å². The number of rotatable bonds is 3. The first-order valence-corrected chi connectivity index (χ1v) is 8.08. The molecule has 1 aromatic carbocycles. The summed E-state index contributed by atoms with van der Waals surface area (Å²) in [5.74, 6) is 0. The van der Waals surface area contributed by atoms with Crippen molar-refractivity contribution < 1.29 is 8.42 Å². The van der Waals surface area contributed by atoms with Crippen LogP contribution in [0.4, 0.5) is 0 Å². The van der Waals surface area contributed by atoms with Crippen LogP contribution in [0.25, 0.3) is 11.0 Å². The highest BCUT2D eigenvalue weighted by Gasteiger charge is 2.24. The molecule has 0 atom stereocenters. The van der Waals surface area contributed by atoms with E-state index in [4.69, 9.17) is 0 Å². The van der Waals surface area contributed by atoms with Crippen molar-refractivity contribution in [2.24, 2.45) is 7.05 Å². The van der Waals surface area contributed by atoms with Crippen molar-refractivity contribution in [3.63, 3.8) is 0 Å². The van der Waals surface area contributed by atoms with E-state index in [-0.39, 0.29) is 23.3 Å². The predicted molar refractivity (Wildman–Crippen MR) is 82.0 cm³/mol. The van der Waals surface area contributed by atoms with Crippen molar-refractivity contribution in [3.8, 4) is 0 Å². The maximum Gasteiger partial charge on any atom is 0.243 e. The Kier molecular flexibility index (Phi) is 4.82. The molecule has 2 heterocycles. The van der Waals surface area contributed by atoms with Gasteiger partial charge in [-0.3, -0.25) is 0 Å². The van der Waals surface area contributed by atoms with Crippen molar-refractivity contribution >= 4 is 33.5 Å². The van der Waals surface area contributed by atoms with Crippen LogP contribution in [-0.2, 0) is 17.1 Å². The lowest BCUT2D eigenvalue weighted by Crippen LogP contribution is -2.42. The van der Waals surface area contributed by atoms with E-state index in [1.54, 1.807) is 25.2 Å². The maximum absolute atomic E-state index is 12.5. The molecule has 1 aromatic heterocycles. The van der Waals surface area contributed by atoms with E-state index in [1.807, 2.05) is 0 Å². The minimum atomic E-state index is -3.57. The number of piperidine rings is 1. The van der Waals surface area contributed by atoms with Crippen LogP contribution in [0.15, 0.2) is 23.1 Å². The summed E-state index contributed by atoms with van der Waals surface area (Å²) in [5.41, 5.74) is 0.997. The molecule has 2 N–H and O–H groups in total. The van der Waals surface area contributed by atoms with Crippen LogP contribution in [0.2, 0.25) is 0 Å². The fourth-order valence-corrected chi connectivity index (χ4v) is 3.91. The molecule has 7 nitrogen and oxygen atoms in total. The molecule has 1 saturated heterocycles. The lowest BCUT2D eigenvalue weighted by atomic mass is 10.1. The first-order valence-electron chi connectivity index (χ1n) is 6.59. The predicted octanol–water partition coefficient (Wildman–Crippen LogP) is 0.420. The molecular formula is C12H18ClN5O2S. The lowest BCUT2D eigenvalue weighted by molar-refractivity contribution is 0.427. The van der Waals surface area contributed by atoms with Crippen LogP contribution in [0, 0.1) is 0 Å². The fraction of sp³-hybridized carbons (Fsp3) is 0.500. The van der Waals surface area contributed by atoms with Gasteiger partial charge in [-0.05, 0) is 38.1 Å². The van der Waals surface area contributed by atoms with Crippen LogP contribution >= 0.6 is 12.4 Å². The van der Waals surface area contributed by atoms with Gasteiger partial charge in [-0.1, -0.05) is 6.07 Å². The molecule has 21 heavy (non-hydrogen) atoms. The number of sulfonamides is 1. The smallest absolute Gasteiger partial charge is 0.243 e. The van der Waals surface area contributed by atoms with Crippen molar-refractivity contribution in [1.82, 2.24) is 25.0 Å². The number of hydrogen-bond acceptors (Lipinski definition) is 5. The first-order chi connectivity index (χ1) is 9.56. The Balaban J connectivity index is 0.00000161. The SMILES string of the molecule is Cl.Cn1nc2cccc(S(=O)(=O)NC3CCNCC3)c2n1. The molecule has 1 aliphatic rings. The standard InChI is InChI=1S/C12H17N5O2S.ClH/c1-17-14-10-3-2-4-11(12(10)15-17)20(18,19)16-9-5-7-13-8-6-9;/h2-4,9,13,16H,5-8H2,1H3;1H. The Morgan fingerprint density at radius 2 is 2.00 bits per heavy atom. The molecule has 0 amide bonds. The zero-order chi connectivity index (χ0) is 14.2. The van der Waals surface area contributed by atoms with Crippen molar-refractivity contribution in [2.75, 3.05) is 13.1 Å². The van der Waals surface area contributed by atoms with E-state index in [1.165, 1.54) is 4.80 Å². The fourth-order valence-electron chi connectivity index (χ4n) is 2.45. The van der Waals surface area contributed by atoms with Crippen molar-refractivity contribution in [2.45, 2.75) is 23.8 Å². The molecule has 0 spiro atoms. The van der Waals surface area contributed by atoms with Crippen molar-refractivity contribution in [1.29, 1.82) is 0 Å². The molecule has 9 heteroatoms. The second-order valence-corrected chi connectivity index (χ2v) is 6.64. The Labute approximate surface area is 129 Å². The molecule has 2 aromatic rings. The quantitative estimate of drug-likeness (QED) is 0.851. The Bertz CT molecular complexity index is 724. The van der Waals surface area contributed by atoms with Gasteiger partial charge in [-0.15, -0.1) is 12.4 Å². The second-order valence-electron chi connectivity index (χ2n) is 4.96. The van der Waals surface area contributed by atoms with Gasteiger partial charge in [0.1, 0.15) is 15.9 Å². The minimum absolute atomic E-state index is 0. The number of benzene rings is 1. The molecule has 0 aliphatic carbocycles. The Morgan fingerprint density at radius 1 is 1.29 bits per heavy atom. The third-order valence-electron chi connectivity index (χ3n) is 3.43. The normalized spacial score (nSPS) is 16.8. The minimum Gasteiger partial charge on any atom is -0.317 e. The zero-order valence-corrected chi connectivity index (χ0v) is 13.2. The van der Waals surface area contributed by atoms with Gasteiger partial charge >= 0.3 is 0 Å². The van der Waals surface area contributed by atoms with E-state index >= 15 is 0 Å². The average Bonchev–Trinajstić information content (AvgIpc) is 2.79. The van der Waals surface area contributed by atoms with Crippen LogP contribution in [0.5, 0.6) is 0 Å². The van der Waals surface area contributed by atoms with Gasteiger partial charge in [-0.25, -0.2) is 13.1 Å². The molecule has 0 unspecified atom stereocenters. The molecule has 1 fully saturated rings. The highest BCUT2D eigenvalue weighted by molar-refractivity contribution is 7.89. The molecule has 0 radical (unpaired) electrons. The first kappa shape index (κ1) is 16.2. The van der Waals surface area contributed by atoms with Gasteiger partial charge < -0.3 is 5.32 Å². The molecule has 1 aliphatic heterocycles. The summed E-state index contributed by atoms with van der Waals surface area (Å²) in [6.07, 6.45) is 1.60. The number of aryl methyl sites for hydroxylation is 1. The summed E-state index contributed by atoms with van der Waals surface area (Å²) in [6.45, 7) is 1.67. The van der Waals surface area contributed by atoms with Crippen LogP contribution in [0.1, 0.15) is 12.8 Å². The second kappa shape index (κ2) is 6.27. The number of nitrogens with zero attached hydrogens (tertiary/aromatic N) is 3. The van der Waals surface area contributed by atoms with E-state index in [0.29, 0.717) is 11.0 Å². The average molecular weight is 332 g/mol. The number of halogens is 1. The molecule has 0 saturated carbocycles. The molecule has 0 bridgehead atoms. The summed E-state index contributed by atoms with van der Waals surface area (Å²) in [6, 6.07) is 4.99. The number of hydrogen-bond donors (Lipinski definition) is 2. The van der Waals surface area contributed by atoms with Gasteiger partial charge in [-0.2, -0.15) is 15.0 Å². The summed E-state index contributed by atoms with van der Waals surface area (Å²) >= 11 is 0. The van der Waals surface area contributed by atoms with E-state index in [2.05, 4.69) is 20.2 Å². The summed E-state index contributed by atoms with van der Waals surface area (Å²) in [5, 5.41) is 11.5. The highest BCUT2D eigenvalue weighted by Crippen LogP contribution is 2.20. The van der Waals surface area contributed by atoms with Gasteiger partial charge in [0, 0.05) is 13.1 Å². The maximum atomic E-state index is 12.5. The van der Waals surface area contributed by atoms with Gasteiger partial charge in [0.05, 0.1) is 0 Å². The Hall–Kier alpha value is -1.22. The topological polar surface area (TPSA) is 88.9 Å². The van der Waals surface area contributed by atoms with E-state index < -0.39 is 10.0 Å². The number of fused-ring (bicyclic) bond motifs is 1. The largest absolute Gasteiger partial charge is 0.317 e. The molecule has 116 valence electrons. The highest BCUT2D eigenvalue weighted by atomic mass is 35.5. The van der Waals surface area contributed by atoms with Gasteiger partial charge in [0.2, 0.25) is 10.0 Å². The van der Waals surface area contributed by atoms with E-state index in [9.17, 15) is 8.42 Å². The van der Waals surface area contributed by atoms with Crippen LogP contribution < -0.4 is 10.0 Å².